The summed E-state index contributed by atoms with van der Waals surface area (Å²) in [5.41, 5.74) is 6.37. The molecule has 2 aromatic carbocycles. The van der Waals surface area contributed by atoms with Crippen molar-refractivity contribution in [1.29, 1.82) is 0 Å². The highest BCUT2D eigenvalue weighted by molar-refractivity contribution is 6.31. The van der Waals surface area contributed by atoms with E-state index in [0.29, 0.717) is 17.2 Å². The van der Waals surface area contributed by atoms with Crippen molar-refractivity contribution in [3.8, 4) is 11.3 Å². The van der Waals surface area contributed by atoms with Crippen LogP contribution in [0.1, 0.15) is 16.9 Å². The highest BCUT2D eigenvalue weighted by Crippen LogP contribution is 2.26. The van der Waals surface area contributed by atoms with Gasteiger partial charge in [-0.3, -0.25) is 15.0 Å². The molecule has 1 saturated heterocycles. The number of nitrogens with zero attached hydrogens (tertiary/aromatic N) is 1. The molecule has 3 aromatic rings. The lowest BCUT2D eigenvalue weighted by atomic mass is 10.1. The minimum Gasteiger partial charge on any atom is -0.457 e. The molecule has 5 heteroatoms. The number of amides is 2. The number of carbonyl (C=O) groups excluding carboxylic acids is 2. The van der Waals surface area contributed by atoms with E-state index in [0.717, 1.165) is 16.7 Å². The number of rotatable bonds is 3. The molecule has 27 heavy (non-hydrogen) atoms. The third-order valence-electron chi connectivity index (χ3n) is 4.40. The Morgan fingerprint density at radius 2 is 1.70 bits per heavy atom. The highest BCUT2D eigenvalue weighted by atomic mass is 16.3. The first-order valence-corrected chi connectivity index (χ1v) is 8.62. The number of nitrogens with one attached hydrogen (secondary N) is 1. The van der Waals surface area contributed by atoms with Gasteiger partial charge >= 0.3 is 0 Å². The predicted octanol–water partition coefficient (Wildman–Crippen LogP) is 4.02. The molecule has 0 aliphatic carbocycles. The molecule has 1 aliphatic heterocycles. The summed E-state index contributed by atoms with van der Waals surface area (Å²) in [4.78, 5) is 25.0. The lowest BCUT2D eigenvalue weighted by Gasteiger charge is -2.14. The summed E-state index contributed by atoms with van der Waals surface area (Å²) in [7, 11) is 0. The van der Waals surface area contributed by atoms with Gasteiger partial charge in [0.1, 0.15) is 17.1 Å². The summed E-state index contributed by atoms with van der Waals surface area (Å²) in [6.07, 6.45) is 1.48. The number of hydrogen-bond acceptors (Lipinski definition) is 3. The number of furan rings is 1. The number of carbonyl (C=O) groups is 2. The Hall–Kier alpha value is -3.60. The van der Waals surface area contributed by atoms with Crippen molar-refractivity contribution in [1.82, 2.24) is 5.43 Å². The van der Waals surface area contributed by atoms with Crippen molar-refractivity contribution in [2.75, 3.05) is 5.01 Å². The van der Waals surface area contributed by atoms with Crippen molar-refractivity contribution in [2.24, 2.45) is 0 Å². The van der Waals surface area contributed by atoms with Gasteiger partial charge in [-0.15, -0.1) is 0 Å². The smallest absolute Gasteiger partial charge is 0.282 e. The zero-order chi connectivity index (χ0) is 19.0. The van der Waals surface area contributed by atoms with E-state index in [2.05, 4.69) is 5.43 Å². The van der Waals surface area contributed by atoms with Crippen LogP contribution in [0, 0.1) is 13.8 Å². The van der Waals surface area contributed by atoms with Crippen molar-refractivity contribution in [3.05, 3.63) is 83.1 Å². The second-order valence-electron chi connectivity index (χ2n) is 6.55. The molecule has 4 rings (SSSR count). The van der Waals surface area contributed by atoms with Crippen LogP contribution in [0.3, 0.4) is 0 Å². The monoisotopic (exact) mass is 358 g/mol. The van der Waals surface area contributed by atoms with Crippen LogP contribution in [0.4, 0.5) is 5.69 Å². The maximum atomic E-state index is 12.7. The number of hydrazine groups is 1. The Balaban J connectivity index is 1.61. The van der Waals surface area contributed by atoms with Gasteiger partial charge in [-0.05, 0) is 49.8 Å². The lowest BCUT2D eigenvalue weighted by Crippen LogP contribution is -2.35. The molecule has 0 saturated carbocycles. The van der Waals surface area contributed by atoms with E-state index >= 15 is 0 Å². The zero-order valence-electron chi connectivity index (χ0n) is 15.0. The summed E-state index contributed by atoms with van der Waals surface area (Å²) >= 11 is 0. The minimum absolute atomic E-state index is 0.0429. The molecule has 2 amide bonds. The van der Waals surface area contributed by atoms with E-state index in [4.69, 9.17) is 4.42 Å². The molecule has 0 unspecified atom stereocenters. The van der Waals surface area contributed by atoms with Crippen LogP contribution in [0.2, 0.25) is 0 Å². The molecular weight excluding hydrogens is 340 g/mol. The summed E-state index contributed by atoms with van der Waals surface area (Å²) in [6.45, 7) is 3.95. The molecule has 134 valence electrons. The fraction of sp³-hybridized carbons (Fsp3) is 0.0909. The molecular formula is C22H18N2O3. The second kappa shape index (κ2) is 6.61. The van der Waals surface area contributed by atoms with E-state index in [1.807, 2.05) is 62.4 Å². The Labute approximate surface area is 156 Å². The standard InChI is InChI=1S/C22H18N2O3/c1-14-6-8-16(9-7-14)20-11-10-18(27-20)13-19-21(25)23-24(22(19)26)17-5-3-4-15(2)12-17/h3-13H,1-2H3,(H,23,25). The molecule has 5 nitrogen and oxygen atoms in total. The third-order valence-corrected chi connectivity index (χ3v) is 4.40. The minimum atomic E-state index is -0.449. The first-order valence-electron chi connectivity index (χ1n) is 8.62. The number of benzene rings is 2. The van der Waals surface area contributed by atoms with E-state index in [1.54, 1.807) is 12.1 Å². The summed E-state index contributed by atoms with van der Waals surface area (Å²) in [6, 6.07) is 18.9. The van der Waals surface area contributed by atoms with E-state index in [9.17, 15) is 9.59 Å². The topological polar surface area (TPSA) is 62.6 Å². The summed E-state index contributed by atoms with van der Waals surface area (Å²) in [5.74, 6) is 0.284. The van der Waals surface area contributed by atoms with Crippen LogP contribution >= 0.6 is 0 Å². The van der Waals surface area contributed by atoms with E-state index in [1.165, 1.54) is 11.1 Å². The number of aryl methyl sites for hydroxylation is 2. The van der Waals surface area contributed by atoms with E-state index < -0.39 is 11.8 Å². The maximum absolute atomic E-state index is 12.7. The SMILES string of the molecule is Cc1ccc(-c2ccc(C=C3C(=O)NN(c4cccc(C)c4)C3=O)o2)cc1. The Kier molecular flexibility index (Phi) is 4.12. The van der Waals surface area contributed by atoms with Crippen LogP contribution in [-0.4, -0.2) is 11.8 Å². The van der Waals surface area contributed by atoms with Gasteiger partial charge in [-0.1, -0.05) is 42.0 Å². The highest BCUT2D eigenvalue weighted by Gasteiger charge is 2.34. The first kappa shape index (κ1) is 16.8. The van der Waals surface area contributed by atoms with Crippen molar-refractivity contribution in [2.45, 2.75) is 13.8 Å². The van der Waals surface area contributed by atoms with Gasteiger partial charge in [0.25, 0.3) is 11.8 Å². The summed E-state index contributed by atoms with van der Waals surface area (Å²) < 4.78 is 5.80. The number of anilines is 1. The molecule has 1 aromatic heterocycles. The van der Waals surface area contributed by atoms with E-state index in [-0.39, 0.29) is 5.57 Å². The van der Waals surface area contributed by atoms with Gasteiger partial charge in [0.15, 0.2) is 0 Å². The van der Waals surface area contributed by atoms with Crippen LogP contribution in [-0.2, 0) is 9.59 Å². The quantitative estimate of drug-likeness (QED) is 0.568. The fourth-order valence-corrected chi connectivity index (χ4v) is 2.95. The average Bonchev–Trinajstić information content (AvgIpc) is 3.23. The molecule has 0 spiro atoms. The Bertz CT molecular complexity index is 1060. The number of hydrogen-bond donors (Lipinski definition) is 1. The van der Waals surface area contributed by atoms with Crippen LogP contribution in [0.25, 0.3) is 17.4 Å². The van der Waals surface area contributed by atoms with Gasteiger partial charge in [-0.2, -0.15) is 0 Å². The van der Waals surface area contributed by atoms with Crippen LogP contribution < -0.4 is 10.4 Å². The van der Waals surface area contributed by atoms with Crippen LogP contribution in [0.15, 0.2) is 70.7 Å². The van der Waals surface area contributed by atoms with Crippen molar-refractivity contribution in [3.63, 3.8) is 0 Å². The average molecular weight is 358 g/mol. The molecule has 0 atom stereocenters. The van der Waals surface area contributed by atoms with Gasteiger partial charge in [-0.25, -0.2) is 5.01 Å². The molecule has 0 bridgehead atoms. The predicted molar refractivity (Wildman–Crippen MR) is 104 cm³/mol. The van der Waals surface area contributed by atoms with Crippen LogP contribution in [0.5, 0.6) is 0 Å². The molecule has 1 fully saturated rings. The normalized spacial score (nSPS) is 15.5. The van der Waals surface area contributed by atoms with Gasteiger partial charge in [0.05, 0.1) is 5.69 Å². The molecule has 2 heterocycles. The first-order chi connectivity index (χ1) is 13.0. The van der Waals surface area contributed by atoms with Crippen molar-refractivity contribution >= 4 is 23.6 Å². The van der Waals surface area contributed by atoms with Gasteiger partial charge in [0.2, 0.25) is 0 Å². The van der Waals surface area contributed by atoms with Gasteiger partial charge in [0, 0.05) is 5.56 Å². The Morgan fingerprint density at radius 1 is 0.926 bits per heavy atom. The zero-order valence-corrected chi connectivity index (χ0v) is 15.0. The fourth-order valence-electron chi connectivity index (χ4n) is 2.95. The molecule has 0 radical (unpaired) electrons. The second-order valence-corrected chi connectivity index (χ2v) is 6.55. The largest absolute Gasteiger partial charge is 0.457 e. The maximum Gasteiger partial charge on any atom is 0.282 e. The van der Waals surface area contributed by atoms with Crippen molar-refractivity contribution < 1.29 is 14.0 Å². The van der Waals surface area contributed by atoms with Gasteiger partial charge < -0.3 is 4.42 Å². The Morgan fingerprint density at radius 3 is 2.44 bits per heavy atom. The lowest BCUT2D eigenvalue weighted by molar-refractivity contribution is -0.117. The third kappa shape index (κ3) is 3.27. The molecule has 1 aliphatic rings. The summed E-state index contributed by atoms with van der Waals surface area (Å²) in [5, 5.41) is 1.25. The molecule has 1 N–H and O–H groups in total.